The SMILES string of the molecule is CCNCc1oc(CN(CC)Cc2cccs2)cc1C. The van der Waals surface area contributed by atoms with Crippen LogP contribution in [-0.4, -0.2) is 18.0 Å². The first-order chi connectivity index (χ1) is 9.72. The summed E-state index contributed by atoms with van der Waals surface area (Å²) < 4.78 is 5.97. The minimum absolute atomic E-state index is 0.819. The molecule has 0 aliphatic heterocycles. The molecule has 0 unspecified atom stereocenters. The topological polar surface area (TPSA) is 28.4 Å². The van der Waals surface area contributed by atoms with Gasteiger partial charge < -0.3 is 9.73 Å². The summed E-state index contributed by atoms with van der Waals surface area (Å²) >= 11 is 1.81. The predicted octanol–water partition coefficient (Wildman–Crippen LogP) is 3.78. The highest BCUT2D eigenvalue weighted by atomic mass is 32.1. The molecule has 0 spiro atoms. The maximum Gasteiger partial charge on any atom is 0.120 e. The van der Waals surface area contributed by atoms with E-state index in [2.05, 4.69) is 54.6 Å². The van der Waals surface area contributed by atoms with Crippen LogP contribution in [0.15, 0.2) is 28.0 Å². The molecule has 0 atom stereocenters. The summed E-state index contributed by atoms with van der Waals surface area (Å²) in [6.07, 6.45) is 0. The van der Waals surface area contributed by atoms with Gasteiger partial charge in [0.25, 0.3) is 0 Å². The standard InChI is InChI=1S/C16H24N2OS/c1-4-17-10-16-13(3)9-14(19-16)11-18(5-2)12-15-7-6-8-20-15/h6-9,17H,4-5,10-12H2,1-3H3. The van der Waals surface area contributed by atoms with Gasteiger partial charge in [0, 0.05) is 11.4 Å². The third kappa shape index (κ3) is 4.20. The molecule has 2 aromatic rings. The summed E-state index contributed by atoms with van der Waals surface area (Å²) in [5.41, 5.74) is 1.24. The summed E-state index contributed by atoms with van der Waals surface area (Å²) in [6.45, 7) is 11.1. The Morgan fingerprint density at radius 3 is 2.80 bits per heavy atom. The van der Waals surface area contributed by atoms with Gasteiger partial charge in [-0.25, -0.2) is 0 Å². The van der Waals surface area contributed by atoms with E-state index < -0.39 is 0 Å². The Labute approximate surface area is 125 Å². The first-order valence-electron chi connectivity index (χ1n) is 7.26. The second-order valence-corrected chi connectivity index (χ2v) is 6.01. The van der Waals surface area contributed by atoms with Crippen molar-refractivity contribution >= 4 is 11.3 Å². The van der Waals surface area contributed by atoms with Gasteiger partial charge in [-0.05, 0) is 43.1 Å². The van der Waals surface area contributed by atoms with Gasteiger partial charge in [-0.3, -0.25) is 4.90 Å². The number of hydrogen-bond donors (Lipinski definition) is 1. The Hall–Kier alpha value is -1.10. The van der Waals surface area contributed by atoms with Gasteiger partial charge in [-0.1, -0.05) is 19.9 Å². The maximum atomic E-state index is 5.97. The lowest BCUT2D eigenvalue weighted by Gasteiger charge is -2.17. The second-order valence-electron chi connectivity index (χ2n) is 4.98. The largest absolute Gasteiger partial charge is 0.463 e. The summed E-state index contributed by atoms with van der Waals surface area (Å²) in [7, 11) is 0. The van der Waals surface area contributed by atoms with Crippen LogP contribution in [0.4, 0.5) is 0 Å². The molecule has 4 heteroatoms. The molecule has 3 nitrogen and oxygen atoms in total. The molecule has 0 amide bonds. The number of rotatable bonds is 8. The Kier molecular flexibility index (Phi) is 5.83. The van der Waals surface area contributed by atoms with E-state index in [4.69, 9.17) is 4.42 Å². The predicted molar refractivity (Wildman–Crippen MR) is 84.9 cm³/mol. The lowest BCUT2D eigenvalue weighted by molar-refractivity contribution is 0.246. The first-order valence-corrected chi connectivity index (χ1v) is 8.14. The lowest BCUT2D eigenvalue weighted by Crippen LogP contribution is -2.21. The van der Waals surface area contributed by atoms with Crippen molar-refractivity contribution in [2.45, 2.75) is 40.4 Å². The smallest absolute Gasteiger partial charge is 0.120 e. The van der Waals surface area contributed by atoms with Crippen molar-refractivity contribution in [2.24, 2.45) is 0 Å². The average molecular weight is 292 g/mol. The molecule has 0 bridgehead atoms. The van der Waals surface area contributed by atoms with Crippen LogP contribution in [0.25, 0.3) is 0 Å². The van der Waals surface area contributed by atoms with Crippen molar-refractivity contribution in [2.75, 3.05) is 13.1 Å². The first kappa shape index (κ1) is 15.3. The van der Waals surface area contributed by atoms with Crippen molar-refractivity contribution in [3.63, 3.8) is 0 Å². The third-order valence-corrected chi connectivity index (χ3v) is 4.25. The summed E-state index contributed by atoms with van der Waals surface area (Å²) in [6, 6.07) is 6.47. The van der Waals surface area contributed by atoms with Crippen LogP contribution in [0, 0.1) is 6.92 Å². The van der Waals surface area contributed by atoms with E-state index in [1.165, 1.54) is 10.4 Å². The average Bonchev–Trinajstić information content (AvgIpc) is 3.06. The van der Waals surface area contributed by atoms with E-state index in [0.29, 0.717) is 0 Å². The van der Waals surface area contributed by atoms with E-state index >= 15 is 0 Å². The minimum atomic E-state index is 0.819. The number of nitrogens with one attached hydrogen (secondary N) is 1. The van der Waals surface area contributed by atoms with Crippen molar-refractivity contribution in [3.8, 4) is 0 Å². The van der Waals surface area contributed by atoms with Crippen LogP contribution in [0.1, 0.15) is 35.8 Å². The fourth-order valence-electron chi connectivity index (χ4n) is 2.20. The van der Waals surface area contributed by atoms with Gasteiger partial charge in [0.15, 0.2) is 0 Å². The Balaban J connectivity index is 1.96. The van der Waals surface area contributed by atoms with Crippen molar-refractivity contribution in [1.82, 2.24) is 10.2 Å². The van der Waals surface area contributed by atoms with Crippen LogP contribution >= 0.6 is 11.3 Å². The zero-order valence-electron chi connectivity index (χ0n) is 12.6. The molecule has 0 radical (unpaired) electrons. The molecule has 1 N–H and O–H groups in total. The molecule has 0 aliphatic rings. The fourth-order valence-corrected chi connectivity index (χ4v) is 2.95. The zero-order chi connectivity index (χ0) is 14.4. The quantitative estimate of drug-likeness (QED) is 0.802. The van der Waals surface area contributed by atoms with E-state index in [0.717, 1.165) is 44.2 Å². The summed E-state index contributed by atoms with van der Waals surface area (Å²) in [4.78, 5) is 3.81. The number of nitrogens with zero attached hydrogens (tertiary/aromatic N) is 1. The lowest BCUT2D eigenvalue weighted by atomic mass is 10.2. The highest BCUT2D eigenvalue weighted by molar-refractivity contribution is 7.09. The highest BCUT2D eigenvalue weighted by Crippen LogP contribution is 2.18. The van der Waals surface area contributed by atoms with Gasteiger partial charge in [0.2, 0.25) is 0 Å². The van der Waals surface area contributed by atoms with Gasteiger partial charge >= 0.3 is 0 Å². The van der Waals surface area contributed by atoms with Gasteiger partial charge in [-0.2, -0.15) is 0 Å². The Bertz CT molecular complexity index is 505. The molecule has 0 aromatic carbocycles. The molecule has 0 fully saturated rings. The molecule has 110 valence electrons. The maximum absolute atomic E-state index is 5.97. The Morgan fingerprint density at radius 2 is 2.15 bits per heavy atom. The normalized spacial score (nSPS) is 11.4. The van der Waals surface area contributed by atoms with Gasteiger partial charge in [0.05, 0.1) is 13.1 Å². The summed E-state index contributed by atoms with van der Waals surface area (Å²) in [5, 5.41) is 5.45. The minimum Gasteiger partial charge on any atom is -0.463 e. The molecule has 0 saturated carbocycles. The summed E-state index contributed by atoms with van der Waals surface area (Å²) in [5.74, 6) is 2.13. The molecule has 2 heterocycles. The van der Waals surface area contributed by atoms with Gasteiger partial charge in [0.1, 0.15) is 11.5 Å². The molecular weight excluding hydrogens is 268 g/mol. The Morgan fingerprint density at radius 1 is 1.30 bits per heavy atom. The second kappa shape index (κ2) is 7.62. The number of aryl methyl sites for hydroxylation is 1. The molecular formula is C16H24N2OS. The number of thiophene rings is 1. The monoisotopic (exact) mass is 292 g/mol. The van der Waals surface area contributed by atoms with Crippen molar-refractivity contribution in [3.05, 3.63) is 45.5 Å². The number of hydrogen-bond acceptors (Lipinski definition) is 4. The molecule has 0 saturated heterocycles. The zero-order valence-corrected chi connectivity index (χ0v) is 13.4. The molecule has 0 aliphatic carbocycles. The fraction of sp³-hybridized carbons (Fsp3) is 0.500. The van der Waals surface area contributed by atoms with Crippen LogP contribution in [0.2, 0.25) is 0 Å². The molecule has 2 rings (SSSR count). The van der Waals surface area contributed by atoms with Crippen LogP contribution in [-0.2, 0) is 19.6 Å². The van der Waals surface area contributed by atoms with Crippen LogP contribution in [0.5, 0.6) is 0 Å². The van der Waals surface area contributed by atoms with E-state index in [-0.39, 0.29) is 0 Å². The van der Waals surface area contributed by atoms with Crippen molar-refractivity contribution < 1.29 is 4.42 Å². The van der Waals surface area contributed by atoms with E-state index in [9.17, 15) is 0 Å². The third-order valence-electron chi connectivity index (χ3n) is 3.39. The molecule has 20 heavy (non-hydrogen) atoms. The van der Waals surface area contributed by atoms with Crippen molar-refractivity contribution in [1.29, 1.82) is 0 Å². The number of furan rings is 1. The van der Waals surface area contributed by atoms with Crippen LogP contribution < -0.4 is 5.32 Å². The van der Waals surface area contributed by atoms with E-state index in [1.54, 1.807) is 0 Å². The van der Waals surface area contributed by atoms with E-state index in [1.807, 2.05) is 11.3 Å². The van der Waals surface area contributed by atoms with Gasteiger partial charge in [-0.15, -0.1) is 11.3 Å². The highest BCUT2D eigenvalue weighted by Gasteiger charge is 2.11. The molecule has 2 aromatic heterocycles. The van der Waals surface area contributed by atoms with Crippen LogP contribution in [0.3, 0.4) is 0 Å².